The zero-order chi connectivity index (χ0) is 24.3. The molecule has 0 saturated carbocycles. The summed E-state index contributed by atoms with van der Waals surface area (Å²) in [6.45, 7) is 7.43. The van der Waals surface area contributed by atoms with Crippen molar-refractivity contribution < 1.29 is 4.79 Å². The molecule has 5 aromatic rings. The highest BCUT2D eigenvalue weighted by Crippen LogP contribution is 2.28. The summed E-state index contributed by atoms with van der Waals surface area (Å²) in [7, 11) is 0. The fourth-order valence-electron chi connectivity index (χ4n) is 5.31. The van der Waals surface area contributed by atoms with Gasteiger partial charge in [-0.1, -0.05) is 6.07 Å². The van der Waals surface area contributed by atoms with Gasteiger partial charge in [0.25, 0.3) is 0 Å². The number of nitrogens with one attached hydrogen (secondary N) is 2. The maximum atomic E-state index is 13.4. The van der Waals surface area contributed by atoms with Crippen LogP contribution in [0.15, 0.2) is 48.7 Å². The summed E-state index contributed by atoms with van der Waals surface area (Å²) >= 11 is 0. The van der Waals surface area contributed by atoms with Gasteiger partial charge in [0.1, 0.15) is 11.6 Å². The Morgan fingerprint density at radius 1 is 1.06 bits per heavy atom. The van der Waals surface area contributed by atoms with E-state index in [1.807, 2.05) is 31.2 Å². The molecule has 8 heteroatoms. The fraction of sp³-hybridized carbons (Fsp3) is 0.296. The van der Waals surface area contributed by atoms with Crippen LogP contribution in [0.4, 0.5) is 5.82 Å². The Labute approximate surface area is 203 Å². The first-order chi connectivity index (χ1) is 16.9. The number of hydrogen-bond donors (Lipinski definition) is 3. The summed E-state index contributed by atoms with van der Waals surface area (Å²) in [6.07, 6.45) is 4.03. The van der Waals surface area contributed by atoms with E-state index in [9.17, 15) is 4.79 Å². The van der Waals surface area contributed by atoms with Crippen molar-refractivity contribution in [1.82, 2.24) is 29.6 Å². The van der Waals surface area contributed by atoms with Crippen LogP contribution in [-0.4, -0.2) is 47.5 Å². The number of nitrogens with zero attached hydrogens (tertiary/aromatic N) is 4. The Morgan fingerprint density at radius 2 is 1.86 bits per heavy atom. The first-order valence-electron chi connectivity index (χ1n) is 12.1. The van der Waals surface area contributed by atoms with Crippen LogP contribution in [0.3, 0.4) is 0 Å². The van der Waals surface area contributed by atoms with E-state index in [4.69, 9.17) is 5.73 Å². The van der Waals surface area contributed by atoms with Crippen molar-refractivity contribution in [1.29, 1.82) is 0 Å². The van der Waals surface area contributed by atoms with Crippen LogP contribution in [0.1, 0.15) is 54.1 Å². The minimum absolute atomic E-state index is 0.174. The van der Waals surface area contributed by atoms with E-state index in [-0.39, 0.29) is 5.78 Å². The van der Waals surface area contributed by atoms with E-state index >= 15 is 0 Å². The van der Waals surface area contributed by atoms with Gasteiger partial charge in [-0.05, 0) is 75.6 Å². The molecule has 1 fully saturated rings. The average molecular weight is 468 g/mol. The van der Waals surface area contributed by atoms with Crippen LogP contribution >= 0.6 is 0 Å². The minimum Gasteiger partial charge on any atom is -0.383 e. The van der Waals surface area contributed by atoms with E-state index in [1.165, 1.54) is 24.6 Å². The predicted molar refractivity (Wildman–Crippen MR) is 138 cm³/mol. The number of aromatic amines is 2. The van der Waals surface area contributed by atoms with E-state index in [2.05, 4.69) is 57.0 Å². The normalized spacial score (nSPS) is 18.7. The van der Waals surface area contributed by atoms with Crippen LogP contribution in [0, 0.1) is 6.92 Å². The SMILES string of the molecule is Cc1nc2ccc(-n3ncc(C(=O)c4cc5cc(CN6C(C)CCC6C)ccc5[nH]4)c3N)cc2[nH]1. The number of aromatic nitrogens is 5. The van der Waals surface area contributed by atoms with E-state index in [1.54, 1.807) is 4.68 Å². The van der Waals surface area contributed by atoms with Crippen molar-refractivity contribution in [3.8, 4) is 5.69 Å². The second kappa shape index (κ2) is 8.09. The van der Waals surface area contributed by atoms with Crippen LogP contribution in [-0.2, 0) is 6.54 Å². The molecule has 0 bridgehead atoms. The molecule has 8 nitrogen and oxygen atoms in total. The van der Waals surface area contributed by atoms with Gasteiger partial charge >= 0.3 is 0 Å². The molecule has 4 heterocycles. The molecular formula is C27H29N7O. The van der Waals surface area contributed by atoms with Gasteiger partial charge in [-0.25, -0.2) is 9.67 Å². The summed E-state index contributed by atoms with van der Waals surface area (Å²) in [5.74, 6) is 0.974. The monoisotopic (exact) mass is 467 g/mol. The Bertz CT molecular complexity index is 1560. The standard InChI is InChI=1S/C27H29N7O/c1-15-4-5-16(2)33(15)14-18-6-8-22-19(10-18)11-25(32-22)26(35)21-13-29-34(27(21)28)20-7-9-23-24(12-20)31-17(3)30-23/h6-13,15-16,32H,4-5,14,28H2,1-3H3,(H,30,31). The lowest BCUT2D eigenvalue weighted by Crippen LogP contribution is -2.31. The predicted octanol–water partition coefficient (Wildman–Crippen LogP) is 4.72. The third-order valence-electron chi connectivity index (χ3n) is 7.31. The molecule has 1 aliphatic heterocycles. The smallest absolute Gasteiger partial charge is 0.214 e. The largest absolute Gasteiger partial charge is 0.383 e. The number of carbonyl (C=O) groups excluding carboxylic acids is 1. The lowest BCUT2D eigenvalue weighted by molar-refractivity contribution is 0.103. The van der Waals surface area contributed by atoms with Gasteiger partial charge in [0.15, 0.2) is 0 Å². The van der Waals surface area contributed by atoms with Crippen molar-refractivity contribution in [2.75, 3.05) is 5.73 Å². The van der Waals surface area contributed by atoms with Gasteiger partial charge in [0.05, 0.1) is 34.2 Å². The first-order valence-corrected chi connectivity index (χ1v) is 12.1. The highest BCUT2D eigenvalue weighted by molar-refractivity contribution is 6.12. The quantitative estimate of drug-likeness (QED) is 0.324. The molecule has 0 aliphatic carbocycles. The third kappa shape index (κ3) is 3.70. The van der Waals surface area contributed by atoms with Gasteiger partial charge in [-0.2, -0.15) is 5.10 Å². The summed E-state index contributed by atoms with van der Waals surface area (Å²) in [5.41, 5.74) is 12.0. The topological polar surface area (TPSA) is 109 Å². The molecule has 2 aromatic carbocycles. The number of nitrogens with two attached hydrogens (primary N) is 1. The summed E-state index contributed by atoms with van der Waals surface area (Å²) in [6, 6.07) is 15.2. The number of imidazole rings is 1. The number of rotatable bonds is 5. The molecule has 2 unspecified atom stereocenters. The van der Waals surface area contributed by atoms with Crippen molar-refractivity contribution in [3.63, 3.8) is 0 Å². The number of aryl methyl sites for hydroxylation is 1. The summed E-state index contributed by atoms with van der Waals surface area (Å²) in [4.78, 5) is 26.8. The van der Waals surface area contributed by atoms with Crippen molar-refractivity contribution in [2.45, 2.75) is 52.2 Å². The van der Waals surface area contributed by atoms with Gasteiger partial charge < -0.3 is 15.7 Å². The van der Waals surface area contributed by atoms with Gasteiger partial charge in [-0.3, -0.25) is 9.69 Å². The lowest BCUT2D eigenvalue weighted by atomic mass is 10.1. The maximum absolute atomic E-state index is 13.4. The Hall–Kier alpha value is -3.91. The van der Waals surface area contributed by atoms with E-state index < -0.39 is 0 Å². The lowest BCUT2D eigenvalue weighted by Gasteiger charge is -2.25. The van der Waals surface area contributed by atoms with Crippen LogP contribution in [0.5, 0.6) is 0 Å². The number of fused-ring (bicyclic) bond motifs is 2. The molecule has 0 radical (unpaired) electrons. The van der Waals surface area contributed by atoms with Crippen molar-refractivity contribution in [3.05, 3.63) is 71.3 Å². The molecule has 0 spiro atoms. The number of likely N-dealkylation sites (tertiary alicyclic amines) is 1. The molecule has 1 aliphatic rings. The third-order valence-corrected chi connectivity index (χ3v) is 7.31. The molecule has 1 saturated heterocycles. The van der Waals surface area contributed by atoms with E-state index in [0.29, 0.717) is 29.2 Å². The van der Waals surface area contributed by atoms with Gasteiger partial charge in [0.2, 0.25) is 5.78 Å². The highest BCUT2D eigenvalue weighted by atomic mass is 16.1. The fourth-order valence-corrected chi connectivity index (χ4v) is 5.31. The van der Waals surface area contributed by atoms with Gasteiger partial charge in [0, 0.05) is 29.5 Å². The number of anilines is 1. The molecule has 3 aromatic heterocycles. The first kappa shape index (κ1) is 21.6. The van der Waals surface area contributed by atoms with Crippen LogP contribution in [0.25, 0.3) is 27.6 Å². The highest BCUT2D eigenvalue weighted by Gasteiger charge is 2.27. The molecule has 0 amide bonds. The molecular weight excluding hydrogens is 438 g/mol. The second-order valence-corrected chi connectivity index (χ2v) is 9.76. The molecule has 6 rings (SSSR count). The number of nitrogen functional groups attached to an aromatic ring is 1. The maximum Gasteiger partial charge on any atom is 0.214 e. The summed E-state index contributed by atoms with van der Waals surface area (Å²) < 4.78 is 1.59. The average Bonchev–Trinajstić information content (AvgIpc) is 3.60. The molecule has 4 N–H and O–H groups in total. The number of H-pyrrole nitrogens is 2. The number of carbonyl (C=O) groups is 1. The van der Waals surface area contributed by atoms with Crippen molar-refractivity contribution in [2.24, 2.45) is 0 Å². The number of benzene rings is 2. The van der Waals surface area contributed by atoms with E-state index in [0.717, 1.165) is 40.0 Å². The number of hydrogen-bond acceptors (Lipinski definition) is 5. The van der Waals surface area contributed by atoms with Gasteiger partial charge in [-0.15, -0.1) is 0 Å². The minimum atomic E-state index is -0.174. The Kier molecular flexibility index (Phi) is 5.00. The molecule has 2 atom stereocenters. The Morgan fingerprint density at radius 3 is 2.66 bits per heavy atom. The zero-order valence-electron chi connectivity index (χ0n) is 20.2. The zero-order valence-corrected chi connectivity index (χ0v) is 20.2. The Balaban J connectivity index is 1.28. The molecule has 35 heavy (non-hydrogen) atoms. The summed E-state index contributed by atoms with van der Waals surface area (Å²) in [5, 5.41) is 5.43. The molecule has 178 valence electrons. The van der Waals surface area contributed by atoms with Crippen LogP contribution < -0.4 is 5.73 Å². The number of ketones is 1. The second-order valence-electron chi connectivity index (χ2n) is 9.76. The van der Waals surface area contributed by atoms with Crippen LogP contribution in [0.2, 0.25) is 0 Å². The van der Waals surface area contributed by atoms with Crippen molar-refractivity contribution >= 4 is 33.5 Å².